The average Bonchev–Trinajstić information content (AvgIpc) is 2.35. The summed E-state index contributed by atoms with van der Waals surface area (Å²) in [5.41, 5.74) is 2.99. The molecule has 0 aliphatic heterocycles. The summed E-state index contributed by atoms with van der Waals surface area (Å²) < 4.78 is 5.28. The molecule has 0 saturated heterocycles. The lowest BCUT2D eigenvalue weighted by Gasteiger charge is -2.40. The van der Waals surface area contributed by atoms with Crippen LogP contribution in [0.5, 0.6) is 0 Å². The summed E-state index contributed by atoms with van der Waals surface area (Å²) in [5.74, 6) is 0.722. The van der Waals surface area contributed by atoms with Crippen LogP contribution in [0.4, 0.5) is 5.69 Å². The fraction of sp³-hybridized carbons (Fsp3) is 0.647. The quantitative estimate of drug-likeness (QED) is 0.864. The molecule has 0 heterocycles. The third-order valence-electron chi connectivity index (χ3n) is 4.35. The number of benzene rings is 1. The van der Waals surface area contributed by atoms with E-state index in [9.17, 15) is 0 Å². The average molecular weight is 261 g/mol. The Morgan fingerprint density at radius 1 is 1.32 bits per heavy atom. The molecule has 0 aromatic heterocycles. The predicted molar refractivity (Wildman–Crippen MR) is 81.4 cm³/mol. The van der Waals surface area contributed by atoms with Gasteiger partial charge < -0.3 is 10.1 Å². The first kappa shape index (κ1) is 14.4. The number of anilines is 1. The van der Waals surface area contributed by atoms with Crippen LogP contribution in [0.3, 0.4) is 0 Å². The number of hydrogen-bond acceptors (Lipinski definition) is 2. The van der Waals surface area contributed by atoms with Gasteiger partial charge in [0.1, 0.15) is 0 Å². The standard InChI is InChI=1S/C17H27NO/c1-13-11-17(2,3)10-9-15(13)18-16-8-6-5-7-14(16)12-19-4/h5-8,13,15,18H,9-12H2,1-4H3. The largest absolute Gasteiger partial charge is 0.382 e. The second-order valence-electron chi connectivity index (χ2n) is 6.73. The molecule has 1 fully saturated rings. The smallest absolute Gasteiger partial charge is 0.0733 e. The molecular weight excluding hydrogens is 234 g/mol. The third kappa shape index (κ3) is 3.73. The van der Waals surface area contributed by atoms with Gasteiger partial charge in [0.2, 0.25) is 0 Å². The topological polar surface area (TPSA) is 21.3 Å². The molecule has 2 unspecified atom stereocenters. The Bertz CT molecular complexity index is 413. The van der Waals surface area contributed by atoms with Gasteiger partial charge in [-0.3, -0.25) is 0 Å². The van der Waals surface area contributed by atoms with E-state index in [1.165, 1.54) is 30.5 Å². The van der Waals surface area contributed by atoms with Crippen molar-refractivity contribution >= 4 is 5.69 Å². The molecule has 19 heavy (non-hydrogen) atoms. The maximum Gasteiger partial charge on any atom is 0.0733 e. The van der Waals surface area contributed by atoms with E-state index >= 15 is 0 Å². The number of nitrogens with one attached hydrogen (secondary N) is 1. The number of rotatable bonds is 4. The second-order valence-corrected chi connectivity index (χ2v) is 6.73. The normalized spacial score (nSPS) is 26.1. The van der Waals surface area contributed by atoms with Crippen LogP contribution in [-0.4, -0.2) is 13.2 Å². The molecule has 1 saturated carbocycles. The number of para-hydroxylation sites is 1. The van der Waals surface area contributed by atoms with Crippen molar-refractivity contribution in [3.8, 4) is 0 Å². The molecule has 0 spiro atoms. The molecule has 106 valence electrons. The minimum absolute atomic E-state index is 0.504. The van der Waals surface area contributed by atoms with Gasteiger partial charge in [-0.1, -0.05) is 39.0 Å². The van der Waals surface area contributed by atoms with Crippen LogP contribution in [0.25, 0.3) is 0 Å². The molecule has 2 nitrogen and oxygen atoms in total. The lowest BCUT2D eigenvalue weighted by Crippen LogP contribution is -2.37. The lowest BCUT2D eigenvalue weighted by atomic mass is 9.70. The van der Waals surface area contributed by atoms with Crippen molar-refractivity contribution in [2.24, 2.45) is 11.3 Å². The Morgan fingerprint density at radius 2 is 2.05 bits per heavy atom. The zero-order chi connectivity index (χ0) is 13.9. The highest BCUT2D eigenvalue weighted by molar-refractivity contribution is 5.51. The minimum atomic E-state index is 0.504. The summed E-state index contributed by atoms with van der Waals surface area (Å²) in [6, 6.07) is 9.07. The number of methoxy groups -OCH3 is 1. The molecule has 0 bridgehead atoms. The summed E-state index contributed by atoms with van der Waals surface area (Å²) in [4.78, 5) is 0. The van der Waals surface area contributed by atoms with E-state index < -0.39 is 0 Å². The summed E-state index contributed by atoms with van der Waals surface area (Å²) in [6.07, 6.45) is 3.87. The first-order valence-electron chi connectivity index (χ1n) is 7.35. The third-order valence-corrected chi connectivity index (χ3v) is 4.35. The molecule has 0 amide bonds. The molecule has 2 rings (SSSR count). The van der Waals surface area contributed by atoms with Crippen LogP contribution >= 0.6 is 0 Å². The van der Waals surface area contributed by atoms with Crippen LogP contribution in [0, 0.1) is 11.3 Å². The Labute approximate surface area is 117 Å². The van der Waals surface area contributed by atoms with E-state index in [1.807, 2.05) is 0 Å². The Kier molecular flexibility index (Phi) is 4.51. The van der Waals surface area contributed by atoms with Gasteiger partial charge in [0.05, 0.1) is 6.61 Å². The van der Waals surface area contributed by atoms with E-state index in [-0.39, 0.29) is 0 Å². The van der Waals surface area contributed by atoms with Gasteiger partial charge in [0.15, 0.2) is 0 Å². The summed E-state index contributed by atoms with van der Waals surface area (Å²) >= 11 is 0. The molecule has 1 N–H and O–H groups in total. The van der Waals surface area contributed by atoms with Crippen molar-refractivity contribution in [3.05, 3.63) is 29.8 Å². The van der Waals surface area contributed by atoms with Crippen LogP contribution in [0.2, 0.25) is 0 Å². The van der Waals surface area contributed by atoms with Gasteiger partial charge in [0, 0.05) is 24.4 Å². The van der Waals surface area contributed by atoms with Gasteiger partial charge in [-0.25, -0.2) is 0 Å². The first-order valence-corrected chi connectivity index (χ1v) is 7.35. The molecule has 2 heteroatoms. The van der Waals surface area contributed by atoms with E-state index in [2.05, 4.69) is 50.4 Å². The molecule has 0 radical (unpaired) electrons. The molecule has 1 aliphatic carbocycles. The van der Waals surface area contributed by atoms with Crippen LogP contribution < -0.4 is 5.32 Å². The Morgan fingerprint density at radius 3 is 2.74 bits per heavy atom. The highest BCUT2D eigenvalue weighted by atomic mass is 16.5. The zero-order valence-electron chi connectivity index (χ0n) is 12.7. The highest BCUT2D eigenvalue weighted by Gasteiger charge is 2.32. The maximum absolute atomic E-state index is 5.28. The highest BCUT2D eigenvalue weighted by Crippen LogP contribution is 2.39. The zero-order valence-corrected chi connectivity index (χ0v) is 12.7. The monoisotopic (exact) mass is 261 g/mol. The van der Waals surface area contributed by atoms with E-state index in [1.54, 1.807) is 7.11 Å². The van der Waals surface area contributed by atoms with Crippen molar-refractivity contribution in [1.82, 2.24) is 0 Å². The summed E-state index contributed by atoms with van der Waals surface area (Å²) in [5, 5.41) is 3.74. The molecule has 1 aromatic carbocycles. The van der Waals surface area contributed by atoms with Crippen molar-refractivity contribution in [3.63, 3.8) is 0 Å². The maximum atomic E-state index is 5.28. The molecule has 1 aliphatic rings. The van der Waals surface area contributed by atoms with E-state index in [0.29, 0.717) is 18.1 Å². The predicted octanol–water partition coefficient (Wildman–Crippen LogP) is 4.46. The summed E-state index contributed by atoms with van der Waals surface area (Å²) in [6.45, 7) is 7.82. The van der Waals surface area contributed by atoms with Crippen molar-refractivity contribution < 1.29 is 4.74 Å². The number of ether oxygens (including phenoxy) is 1. The molecule has 2 atom stereocenters. The minimum Gasteiger partial charge on any atom is -0.382 e. The van der Waals surface area contributed by atoms with Gasteiger partial charge in [0.25, 0.3) is 0 Å². The Balaban J connectivity index is 2.05. The van der Waals surface area contributed by atoms with Crippen LogP contribution in [0.15, 0.2) is 24.3 Å². The lowest BCUT2D eigenvalue weighted by molar-refractivity contribution is 0.175. The van der Waals surface area contributed by atoms with Crippen LogP contribution in [-0.2, 0) is 11.3 Å². The first-order chi connectivity index (χ1) is 9.02. The van der Waals surface area contributed by atoms with Crippen molar-refractivity contribution in [1.29, 1.82) is 0 Å². The van der Waals surface area contributed by atoms with Crippen LogP contribution in [0.1, 0.15) is 45.6 Å². The Hall–Kier alpha value is -1.02. The SMILES string of the molecule is COCc1ccccc1NC1CCC(C)(C)CC1C. The van der Waals surface area contributed by atoms with E-state index in [4.69, 9.17) is 4.74 Å². The van der Waals surface area contributed by atoms with E-state index in [0.717, 1.165) is 5.92 Å². The molecular formula is C17H27NO. The number of hydrogen-bond donors (Lipinski definition) is 1. The fourth-order valence-corrected chi connectivity index (χ4v) is 3.30. The van der Waals surface area contributed by atoms with Gasteiger partial charge in [-0.05, 0) is 36.7 Å². The van der Waals surface area contributed by atoms with Gasteiger partial charge in [-0.15, -0.1) is 0 Å². The van der Waals surface area contributed by atoms with Gasteiger partial charge >= 0.3 is 0 Å². The fourth-order valence-electron chi connectivity index (χ4n) is 3.30. The van der Waals surface area contributed by atoms with Crippen molar-refractivity contribution in [2.75, 3.05) is 12.4 Å². The summed E-state index contributed by atoms with van der Waals surface area (Å²) in [7, 11) is 1.75. The second kappa shape index (κ2) is 5.96. The molecule has 1 aromatic rings. The van der Waals surface area contributed by atoms with Gasteiger partial charge in [-0.2, -0.15) is 0 Å². The van der Waals surface area contributed by atoms with Crippen molar-refractivity contribution in [2.45, 2.75) is 52.7 Å².